The Labute approximate surface area is 158 Å². The van der Waals surface area contributed by atoms with Crippen molar-refractivity contribution in [1.29, 1.82) is 0 Å². The Morgan fingerprint density at radius 3 is 2.70 bits per heavy atom. The first-order chi connectivity index (χ1) is 13.1. The number of aryl methyl sites for hydroxylation is 1. The van der Waals surface area contributed by atoms with Gasteiger partial charge in [0.15, 0.2) is 0 Å². The molecule has 2 aromatic heterocycles. The third-order valence-electron chi connectivity index (χ3n) is 5.81. The van der Waals surface area contributed by atoms with E-state index in [2.05, 4.69) is 20.5 Å². The number of fused-ring (bicyclic) bond motifs is 1. The Bertz CT molecular complexity index is 880. The SMILES string of the molecule is Cc1ccn2c(=O)c(C(=O)NC3CCC(N4CCNCC4)CC3)cnc2c1. The van der Waals surface area contributed by atoms with E-state index in [-0.39, 0.29) is 23.1 Å². The Morgan fingerprint density at radius 2 is 1.96 bits per heavy atom. The van der Waals surface area contributed by atoms with Gasteiger partial charge in [0.2, 0.25) is 0 Å². The summed E-state index contributed by atoms with van der Waals surface area (Å²) in [5.74, 6) is -0.312. The van der Waals surface area contributed by atoms with Crippen LogP contribution in [0.15, 0.2) is 29.3 Å². The molecule has 0 bridgehead atoms. The maximum Gasteiger partial charge on any atom is 0.270 e. The number of aromatic nitrogens is 2. The Balaban J connectivity index is 1.40. The molecule has 7 heteroatoms. The fourth-order valence-electron chi connectivity index (χ4n) is 4.23. The van der Waals surface area contributed by atoms with Crippen LogP contribution >= 0.6 is 0 Å². The molecule has 4 rings (SSSR count). The van der Waals surface area contributed by atoms with Gasteiger partial charge in [-0.2, -0.15) is 0 Å². The number of carbonyl (C=O) groups excluding carboxylic acids is 1. The molecule has 1 aliphatic carbocycles. The number of piperazine rings is 1. The van der Waals surface area contributed by atoms with Crippen LogP contribution in [0.5, 0.6) is 0 Å². The molecule has 2 aliphatic rings. The van der Waals surface area contributed by atoms with Gasteiger partial charge in [-0.05, 0) is 50.3 Å². The normalized spacial score (nSPS) is 24.0. The van der Waals surface area contributed by atoms with Gasteiger partial charge in [0, 0.05) is 50.7 Å². The van der Waals surface area contributed by atoms with Gasteiger partial charge in [-0.1, -0.05) is 0 Å². The number of pyridine rings is 1. The minimum absolute atomic E-state index is 0.112. The van der Waals surface area contributed by atoms with E-state index < -0.39 is 0 Å². The van der Waals surface area contributed by atoms with Crippen LogP contribution in [0.1, 0.15) is 41.6 Å². The molecule has 2 fully saturated rings. The largest absolute Gasteiger partial charge is 0.349 e. The average Bonchev–Trinajstić information content (AvgIpc) is 2.69. The molecule has 0 aromatic carbocycles. The van der Waals surface area contributed by atoms with Crippen LogP contribution in [-0.4, -0.2) is 58.5 Å². The monoisotopic (exact) mass is 369 g/mol. The standard InChI is InChI=1S/C20H27N5O2/c1-14-6-9-25-18(12-14)22-13-17(20(25)27)19(26)23-15-2-4-16(5-3-15)24-10-7-21-8-11-24/h6,9,12-13,15-16,21H,2-5,7-8,10-11H2,1H3,(H,23,26). The second kappa shape index (κ2) is 7.78. The molecular formula is C20H27N5O2. The molecule has 0 unspecified atom stereocenters. The van der Waals surface area contributed by atoms with E-state index in [0.29, 0.717) is 11.7 Å². The summed E-state index contributed by atoms with van der Waals surface area (Å²) in [6.45, 7) is 6.30. The van der Waals surface area contributed by atoms with Crippen molar-refractivity contribution in [3.8, 4) is 0 Å². The topological polar surface area (TPSA) is 78.7 Å². The van der Waals surface area contributed by atoms with Gasteiger partial charge >= 0.3 is 0 Å². The Kier molecular flexibility index (Phi) is 5.22. The predicted molar refractivity (Wildman–Crippen MR) is 104 cm³/mol. The molecule has 2 N–H and O–H groups in total. The minimum Gasteiger partial charge on any atom is -0.349 e. The predicted octanol–water partition coefficient (Wildman–Crippen LogP) is 0.949. The molecule has 1 amide bonds. The number of hydrogen-bond acceptors (Lipinski definition) is 5. The van der Waals surface area contributed by atoms with Gasteiger partial charge in [0.1, 0.15) is 11.2 Å². The zero-order chi connectivity index (χ0) is 18.8. The molecule has 7 nitrogen and oxygen atoms in total. The third kappa shape index (κ3) is 3.89. The molecular weight excluding hydrogens is 342 g/mol. The van der Waals surface area contributed by atoms with Gasteiger partial charge in [-0.25, -0.2) is 4.98 Å². The lowest BCUT2D eigenvalue weighted by Gasteiger charge is -2.39. The fourth-order valence-corrected chi connectivity index (χ4v) is 4.23. The molecule has 1 saturated carbocycles. The molecule has 2 aromatic rings. The number of carbonyl (C=O) groups is 1. The minimum atomic E-state index is -0.313. The number of nitrogens with one attached hydrogen (secondary N) is 2. The summed E-state index contributed by atoms with van der Waals surface area (Å²) in [7, 11) is 0. The summed E-state index contributed by atoms with van der Waals surface area (Å²) >= 11 is 0. The second-order valence-corrected chi connectivity index (χ2v) is 7.67. The van der Waals surface area contributed by atoms with Crippen LogP contribution in [0.2, 0.25) is 0 Å². The van der Waals surface area contributed by atoms with Gasteiger partial charge in [0.25, 0.3) is 11.5 Å². The van der Waals surface area contributed by atoms with Crippen LogP contribution in [0.3, 0.4) is 0 Å². The lowest BCUT2D eigenvalue weighted by atomic mass is 9.89. The van der Waals surface area contributed by atoms with Crippen molar-refractivity contribution >= 4 is 11.6 Å². The maximum absolute atomic E-state index is 12.6. The summed E-state index contributed by atoms with van der Waals surface area (Å²) in [6, 6.07) is 4.43. The van der Waals surface area contributed by atoms with Gasteiger partial charge < -0.3 is 10.6 Å². The summed E-state index contributed by atoms with van der Waals surface area (Å²) in [5.41, 5.74) is 1.39. The highest BCUT2D eigenvalue weighted by Crippen LogP contribution is 2.23. The second-order valence-electron chi connectivity index (χ2n) is 7.67. The summed E-state index contributed by atoms with van der Waals surface area (Å²) in [5, 5.41) is 6.44. The van der Waals surface area contributed by atoms with E-state index >= 15 is 0 Å². The first kappa shape index (κ1) is 18.1. The van der Waals surface area contributed by atoms with Crippen LogP contribution < -0.4 is 16.2 Å². The number of nitrogens with zero attached hydrogens (tertiary/aromatic N) is 3. The fraction of sp³-hybridized carbons (Fsp3) is 0.550. The Hall–Kier alpha value is -2.25. The van der Waals surface area contributed by atoms with Gasteiger partial charge in [-0.3, -0.25) is 18.9 Å². The molecule has 1 aliphatic heterocycles. The molecule has 0 atom stereocenters. The molecule has 1 saturated heterocycles. The van der Waals surface area contributed by atoms with Crippen LogP contribution in [0, 0.1) is 6.92 Å². The van der Waals surface area contributed by atoms with E-state index in [9.17, 15) is 9.59 Å². The molecule has 0 spiro atoms. The van der Waals surface area contributed by atoms with E-state index in [1.54, 1.807) is 6.20 Å². The van der Waals surface area contributed by atoms with Crippen molar-refractivity contribution in [2.45, 2.75) is 44.7 Å². The first-order valence-electron chi connectivity index (χ1n) is 9.85. The molecule has 27 heavy (non-hydrogen) atoms. The van der Waals surface area contributed by atoms with Gasteiger partial charge in [0.05, 0.1) is 0 Å². The molecule has 144 valence electrons. The summed E-state index contributed by atoms with van der Waals surface area (Å²) in [6.07, 6.45) is 7.19. The average molecular weight is 369 g/mol. The smallest absolute Gasteiger partial charge is 0.270 e. The lowest BCUT2D eigenvalue weighted by Crippen LogP contribution is -2.51. The van der Waals surface area contributed by atoms with Crippen molar-refractivity contribution in [1.82, 2.24) is 24.9 Å². The maximum atomic E-state index is 12.6. The quantitative estimate of drug-likeness (QED) is 0.842. The van der Waals surface area contributed by atoms with E-state index in [0.717, 1.165) is 57.4 Å². The van der Waals surface area contributed by atoms with Crippen molar-refractivity contribution in [2.24, 2.45) is 0 Å². The van der Waals surface area contributed by atoms with Crippen molar-refractivity contribution < 1.29 is 4.79 Å². The van der Waals surface area contributed by atoms with Crippen LogP contribution in [0.25, 0.3) is 5.65 Å². The van der Waals surface area contributed by atoms with Crippen molar-refractivity contribution in [2.75, 3.05) is 26.2 Å². The number of amides is 1. The highest BCUT2D eigenvalue weighted by atomic mass is 16.2. The zero-order valence-electron chi connectivity index (χ0n) is 15.8. The van der Waals surface area contributed by atoms with Crippen LogP contribution in [-0.2, 0) is 0 Å². The first-order valence-corrected chi connectivity index (χ1v) is 9.85. The summed E-state index contributed by atoms with van der Waals surface area (Å²) in [4.78, 5) is 32.1. The highest BCUT2D eigenvalue weighted by Gasteiger charge is 2.28. The van der Waals surface area contributed by atoms with Crippen molar-refractivity contribution in [3.05, 3.63) is 46.0 Å². The molecule has 3 heterocycles. The lowest BCUT2D eigenvalue weighted by molar-refractivity contribution is 0.0892. The number of rotatable bonds is 3. The molecule has 0 radical (unpaired) electrons. The highest BCUT2D eigenvalue weighted by molar-refractivity contribution is 5.93. The van der Waals surface area contributed by atoms with E-state index in [1.807, 2.05) is 19.1 Å². The van der Waals surface area contributed by atoms with E-state index in [1.165, 1.54) is 10.6 Å². The third-order valence-corrected chi connectivity index (χ3v) is 5.81. The zero-order valence-corrected chi connectivity index (χ0v) is 15.8. The van der Waals surface area contributed by atoms with Crippen LogP contribution in [0.4, 0.5) is 0 Å². The number of hydrogen-bond donors (Lipinski definition) is 2. The van der Waals surface area contributed by atoms with Crippen molar-refractivity contribution in [3.63, 3.8) is 0 Å². The van der Waals surface area contributed by atoms with Gasteiger partial charge in [-0.15, -0.1) is 0 Å². The summed E-state index contributed by atoms with van der Waals surface area (Å²) < 4.78 is 1.43. The Morgan fingerprint density at radius 1 is 1.22 bits per heavy atom. The van der Waals surface area contributed by atoms with E-state index in [4.69, 9.17) is 0 Å².